The molecule has 1 N–H and O–H groups in total. The summed E-state index contributed by atoms with van der Waals surface area (Å²) >= 11 is 0. The first-order chi connectivity index (χ1) is 8.06. The Morgan fingerprint density at radius 3 is 2.76 bits per heavy atom. The van der Waals surface area contributed by atoms with Crippen molar-refractivity contribution in [3.05, 3.63) is 0 Å². The maximum atomic E-state index is 11.3. The lowest BCUT2D eigenvalue weighted by molar-refractivity contribution is 0.0298. The second-order valence-electron chi connectivity index (χ2n) is 4.86. The van der Waals surface area contributed by atoms with Crippen LogP contribution < -0.4 is 0 Å². The molecule has 100 valence electrons. The molecule has 1 saturated heterocycles. The van der Waals surface area contributed by atoms with E-state index in [-0.39, 0.29) is 18.7 Å². The molecule has 1 amide bonds. The summed E-state index contributed by atoms with van der Waals surface area (Å²) in [4.78, 5) is 14.9. The number of aliphatic hydroxyl groups is 1. The number of ether oxygens (including phenoxy) is 1. The second-order valence-corrected chi connectivity index (χ2v) is 4.86. The van der Waals surface area contributed by atoms with Crippen LogP contribution in [0.5, 0.6) is 0 Å². The molecule has 0 unspecified atom stereocenters. The lowest BCUT2D eigenvalue weighted by Gasteiger charge is -2.39. The molecular weight excluding hydrogens is 220 g/mol. The topological polar surface area (TPSA) is 53.0 Å². The number of aliphatic hydroxyl groups excluding tert-OH is 1. The highest BCUT2D eigenvalue weighted by atomic mass is 16.6. The Morgan fingerprint density at radius 1 is 1.47 bits per heavy atom. The van der Waals surface area contributed by atoms with Crippen LogP contribution in [0.1, 0.15) is 26.2 Å². The molecule has 0 aromatic heterocycles. The fourth-order valence-electron chi connectivity index (χ4n) is 2.31. The van der Waals surface area contributed by atoms with Gasteiger partial charge in [-0.2, -0.15) is 0 Å². The predicted octanol–water partition coefficient (Wildman–Crippen LogP) is 0.920. The third-order valence-electron chi connectivity index (χ3n) is 3.35. The highest BCUT2D eigenvalue weighted by Gasteiger charge is 2.27. The largest absolute Gasteiger partial charge is 0.448 e. The maximum Gasteiger partial charge on any atom is 0.409 e. The van der Waals surface area contributed by atoms with Gasteiger partial charge in [-0.05, 0) is 19.8 Å². The van der Waals surface area contributed by atoms with Crippen LogP contribution in [0.15, 0.2) is 0 Å². The van der Waals surface area contributed by atoms with E-state index in [4.69, 9.17) is 4.74 Å². The van der Waals surface area contributed by atoms with Crippen molar-refractivity contribution in [2.75, 3.05) is 33.9 Å². The van der Waals surface area contributed by atoms with Crippen molar-refractivity contribution in [1.82, 2.24) is 9.80 Å². The molecule has 17 heavy (non-hydrogen) atoms. The third kappa shape index (κ3) is 4.16. The zero-order valence-electron chi connectivity index (χ0n) is 11.1. The van der Waals surface area contributed by atoms with Gasteiger partial charge in [0, 0.05) is 32.7 Å². The van der Waals surface area contributed by atoms with Gasteiger partial charge in [0.2, 0.25) is 0 Å². The number of rotatable bonds is 4. The highest BCUT2D eigenvalue weighted by molar-refractivity contribution is 5.66. The average Bonchev–Trinajstić information content (AvgIpc) is 2.30. The highest BCUT2D eigenvalue weighted by Crippen LogP contribution is 2.21. The van der Waals surface area contributed by atoms with Crippen molar-refractivity contribution < 1.29 is 14.6 Å². The number of likely N-dealkylation sites (tertiary alicyclic amines) is 1. The Kier molecular flexibility index (Phi) is 5.71. The van der Waals surface area contributed by atoms with Gasteiger partial charge in [-0.15, -0.1) is 0 Å². The van der Waals surface area contributed by atoms with E-state index in [1.807, 2.05) is 0 Å². The molecule has 5 heteroatoms. The van der Waals surface area contributed by atoms with Crippen molar-refractivity contribution in [3.63, 3.8) is 0 Å². The van der Waals surface area contributed by atoms with Crippen LogP contribution in [-0.4, -0.2) is 66.9 Å². The monoisotopic (exact) mass is 244 g/mol. The summed E-state index contributed by atoms with van der Waals surface area (Å²) in [5.74, 6) is 0. The maximum absolute atomic E-state index is 11.3. The molecule has 0 aliphatic carbocycles. The molecule has 1 fully saturated rings. The molecule has 1 aliphatic heterocycles. The minimum atomic E-state index is -0.310. The summed E-state index contributed by atoms with van der Waals surface area (Å²) in [6.07, 6.45) is 3.04. The third-order valence-corrected chi connectivity index (χ3v) is 3.35. The van der Waals surface area contributed by atoms with Crippen molar-refractivity contribution in [1.29, 1.82) is 0 Å². The van der Waals surface area contributed by atoms with E-state index in [1.165, 1.54) is 11.3 Å². The average molecular weight is 244 g/mol. The van der Waals surface area contributed by atoms with E-state index < -0.39 is 0 Å². The Labute approximate surface area is 103 Å². The molecule has 0 spiro atoms. The van der Waals surface area contributed by atoms with E-state index >= 15 is 0 Å². The minimum Gasteiger partial charge on any atom is -0.448 e. The van der Waals surface area contributed by atoms with Gasteiger partial charge in [-0.1, -0.05) is 6.42 Å². The first kappa shape index (κ1) is 14.3. The lowest BCUT2D eigenvalue weighted by Crippen LogP contribution is -2.48. The zero-order valence-corrected chi connectivity index (χ0v) is 11.1. The molecule has 5 nitrogen and oxygen atoms in total. The van der Waals surface area contributed by atoms with E-state index in [0.717, 1.165) is 12.8 Å². The summed E-state index contributed by atoms with van der Waals surface area (Å²) < 4.78 is 5.11. The molecule has 1 aliphatic rings. The van der Waals surface area contributed by atoms with Gasteiger partial charge < -0.3 is 14.7 Å². The fraction of sp³-hybridized carbons (Fsp3) is 0.917. The fourth-order valence-corrected chi connectivity index (χ4v) is 2.31. The number of hydrogen-bond acceptors (Lipinski definition) is 4. The number of hydrogen-bond donors (Lipinski definition) is 1. The summed E-state index contributed by atoms with van der Waals surface area (Å²) in [6.45, 7) is 3.44. The zero-order chi connectivity index (χ0) is 12.8. The van der Waals surface area contributed by atoms with E-state index in [2.05, 4.69) is 11.8 Å². The molecule has 0 aromatic carbocycles. The van der Waals surface area contributed by atoms with Crippen molar-refractivity contribution >= 4 is 6.09 Å². The molecule has 0 bridgehead atoms. The summed E-state index contributed by atoms with van der Waals surface area (Å²) in [5, 5.41) is 9.32. The molecule has 0 saturated carbocycles. The van der Waals surface area contributed by atoms with Crippen LogP contribution in [0.3, 0.4) is 0 Å². The quantitative estimate of drug-likeness (QED) is 0.799. The molecule has 0 radical (unpaired) electrons. The first-order valence-corrected chi connectivity index (χ1v) is 6.27. The number of piperidine rings is 1. The molecular formula is C12H24N2O3. The summed E-state index contributed by atoms with van der Waals surface area (Å²) in [5.41, 5.74) is 0. The van der Waals surface area contributed by atoms with E-state index in [1.54, 1.807) is 14.1 Å². The van der Waals surface area contributed by atoms with Crippen molar-refractivity contribution in [2.24, 2.45) is 0 Å². The second kappa shape index (κ2) is 6.81. The molecule has 1 rings (SSSR count). The van der Waals surface area contributed by atoms with Crippen LogP contribution in [0, 0.1) is 0 Å². The normalized spacial score (nSPS) is 25.6. The summed E-state index contributed by atoms with van der Waals surface area (Å²) in [6, 6.07) is 0.677. The number of carbonyl (C=O) groups excluding carboxylic acids is 1. The number of nitrogens with zero attached hydrogens (tertiary/aromatic N) is 2. The van der Waals surface area contributed by atoms with Crippen LogP contribution >= 0.6 is 0 Å². The van der Waals surface area contributed by atoms with E-state index in [9.17, 15) is 9.90 Å². The lowest BCUT2D eigenvalue weighted by atomic mass is 9.97. The smallest absolute Gasteiger partial charge is 0.409 e. The Morgan fingerprint density at radius 2 is 2.18 bits per heavy atom. The molecule has 2 atom stereocenters. The van der Waals surface area contributed by atoms with Gasteiger partial charge in [0.15, 0.2) is 0 Å². The van der Waals surface area contributed by atoms with Crippen LogP contribution in [0.25, 0.3) is 0 Å². The van der Waals surface area contributed by atoms with Gasteiger partial charge >= 0.3 is 6.09 Å². The summed E-state index contributed by atoms with van der Waals surface area (Å²) in [7, 11) is 3.34. The van der Waals surface area contributed by atoms with Gasteiger partial charge in [-0.3, -0.25) is 4.90 Å². The van der Waals surface area contributed by atoms with Gasteiger partial charge in [-0.25, -0.2) is 4.79 Å². The van der Waals surface area contributed by atoms with Crippen molar-refractivity contribution in [3.8, 4) is 0 Å². The van der Waals surface area contributed by atoms with Crippen LogP contribution in [-0.2, 0) is 4.74 Å². The van der Waals surface area contributed by atoms with Crippen LogP contribution in [0.4, 0.5) is 4.79 Å². The van der Waals surface area contributed by atoms with Crippen LogP contribution in [0.2, 0.25) is 0 Å². The van der Waals surface area contributed by atoms with Gasteiger partial charge in [0.1, 0.15) is 6.61 Å². The van der Waals surface area contributed by atoms with Crippen molar-refractivity contribution in [2.45, 2.75) is 38.3 Å². The number of amides is 1. The SMILES string of the molecule is C[C@H]1CCC[C@@H](CO)N1CCOC(=O)N(C)C. The Bertz CT molecular complexity index is 246. The predicted molar refractivity (Wildman–Crippen MR) is 65.9 cm³/mol. The molecule has 1 heterocycles. The first-order valence-electron chi connectivity index (χ1n) is 6.27. The van der Waals surface area contributed by atoms with E-state index in [0.29, 0.717) is 19.2 Å². The number of carbonyl (C=O) groups is 1. The standard InChI is InChI=1S/C12H24N2O3/c1-10-5-4-6-11(9-15)14(10)7-8-17-12(16)13(2)3/h10-11,15H,4-9H2,1-3H3/t10-,11-/m0/s1. The van der Waals surface area contributed by atoms with Gasteiger partial charge in [0.05, 0.1) is 6.61 Å². The van der Waals surface area contributed by atoms with Gasteiger partial charge in [0.25, 0.3) is 0 Å². The minimum absolute atomic E-state index is 0.186. The Hall–Kier alpha value is -0.810. The molecule has 0 aromatic rings. The Balaban J connectivity index is 2.35.